The molecule has 0 radical (unpaired) electrons. The first-order valence-electron chi connectivity index (χ1n) is 10.6. The second-order valence-corrected chi connectivity index (χ2v) is 8.19. The molecule has 0 spiro atoms. The number of carbonyl (C=O) groups is 1. The molecular weight excluding hydrogens is 368 g/mol. The summed E-state index contributed by atoms with van der Waals surface area (Å²) in [7, 11) is 0. The van der Waals surface area contributed by atoms with Gasteiger partial charge in [0.15, 0.2) is 0 Å². The third-order valence-electron chi connectivity index (χ3n) is 5.73. The maximum atomic E-state index is 12.3. The van der Waals surface area contributed by atoms with E-state index in [2.05, 4.69) is 24.3 Å². The van der Waals surface area contributed by atoms with Gasteiger partial charge in [-0.05, 0) is 46.5 Å². The second-order valence-electron chi connectivity index (χ2n) is 8.19. The van der Waals surface area contributed by atoms with Crippen molar-refractivity contribution in [1.29, 1.82) is 0 Å². The molecule has 0 bridgehead atoms. The molecule has 158 valence electrons. The molecule has 1 unspecified atom stereocenters. The van der Waals surface area contributed by atoms with E-state index in [4.69, 9.17) is 19.2 Å². The Labute approximate surface area is 172 Å². The minimum atomic E-state index is -0.0736. The number of carbonyl (C=O) groups excluding carboxylic acids is 1. The molecule has 7 nitrogen and oxygen atoms in total. The third-order valence-corrected chi connectivity index (χ3v) is 5.73. The highest BCUT2D eigenvalue weighted by molar-refractivity contribution is 5.73. The van der Waals surface area contributed by atoms with E-state index in [0.29, 0.717) is 13.2 Å². The van der Waals surface area contributed by atoms with Crippen LogP contribution in [0.25, 0.3) is 11.3 Å². The SMILES string of the molecule is CCOC(=O)C1CCC[C@@H]1CNc1nc(C(C)C)nc(-c2c(C)noc2C)c1C. The van der Waals surface area contributed by atoms with Crippen molar-refractivity contribution >= 4 is 11.8 Å². The quantitative estimate of drug-likeness (QED) is 0.681. The highest BCUT2D eigenvalue weighted by Gasteiger charge is 2.34. The van der Waals surface area contributed by atoms with Gasteiger partial charge in [-0.3, -0.25) is 4.79 Å². The summed E-state index contributed by atoms with van der Waals surface area (Å²) >= 11 is 0. The van der Waals surface area contributed by atoms with Crippen LogP contribution in [0.2, 0.25) is 0 Å². The third kappa shape index (κ3) is 4.43. The number of anilines is 1. The number of hydrogen-bond acceptors (Lipinski definition) is 7. The van der Waals surface area contributed by atoms with E-state index in [1.807, 2.05) is 27.7 Å². The van der Waals surface area contributed by atoms with Gasteiger partial charge in [-0.2, -0.15) is 0 Å². The summed E-state index contributed by atoms with van der Waals surface area (Å²) < 4.78 is 10.6. The van der Waals surface area contributed by atoms with Gasteiger partial charge < -0.3 is 14.6 Å². The predicted molar refractivity (Wildman–Crippen MR) is 112 cm³/mol. The Balaban J connectivity index is 1.88. The van der Waals surface area contributed by atoms with Crippen molar-refractivity contribution in [3.05, 3.63) is 22.8 Å². The van der Waals surface area contributed by atoms with E-state index in [9.17, 15) is 4.79 Å². The molecular formula is C22H32N4O3. The van der Waals surface area contributed by atoms with Gasteiger partial charge in [-0.25, -0.2) is 9.97 Å². The normalized spacial score (nSPS) is 19.0. The smallest absolute Gasteiger partial charge is 0.309 e. The summed E-state index contributed by atoms with van der Waals surface area (Å²) in [6.45, 7) is 13.0. The van der Waals surface area contributed by atoms with Crippen LogP contribution in [0, 0.1) is 32.6 Å². The monoisotopic (exact) mass is 400 g/mol. The lowest BCUT2D eigenvalue weighted by atomic mass is 9.96. The maximum absolute atomic E-state index is 12.3. The van der Waals surface area contributed by atoms with Crippen LogP contribution in [0.5, 0.6) is 0 Å². The lowest BCUT2D eigenvalue weighted by Crippen LogP contribution is -2.27. The minimum absolute atomic E-state index is 0.0313. The van der Waals surface area contributed by atoms with E-state index in [1.165, 1.54) is 0 Å². The van der Waals surface area contributed by atoms with Gasteiger partial charge in [0.25, 0.3) is 0 Å². The lowest BCUT2D eigenvalue weighted by molar-refractivity contribution is -0.149. The zero-order chi connectivity index (χ0) is 21.1. The zero-order valence-corrected chi connectivity index (χ0v) is 18.3. The number of ether oxygens (including phenoxy) is 1. The van der Waals surface area contributed by atoms with E-state index >= 15 is 0 Å². The molecule has 3 rings (SSSR count). The molecule has 7 heteroatoms. The van der Waals surface area contributed by atoms with Crippen LogP contribution >= 0.6 is 0 Å². The molecule has 1 aliphatic rings. The lowest BCUT2D eigenvalue weighted by Gasteiger charge is -2.21. The first-order valence-corrected chi connectivity index (χ1v) is 10.6. The van der Waals surface area contributed by atoms with Gasteiger partial charge in [-0.15, -0.1) is 0 Å². The summed E-state index contributed by atoms with van der Waals surface area (Å²) in [6.07, 6.45) is 2.98. The number of hydrogen-bond donors (Lipinski definition) is 1. The zero-order valence-electron chi connectivity index (χ0n) is 18.3. The van der Waals surface area contributed by atoms with E-state index < -0.39 is 0 Å². The topological polar surface area (TPSA) is 90.1 Å². The molecule has 1 N–H and O–H groups in total. The Morgan fingerprint density at radius 3 is 2.62 bits per heavy atom. The van der Waals surface area contributed by atoms with Crippen molar-refractivity contribution in [2.45, 2.75) is 66.7 Å². The largest absolute Gasteiger partial charge is 0.466 e. The summed E-state index contributed by atoms with van der Waals surface area (Å²) in [6, 6.07) is 0. The number of nitrogens with one attached hydrogen (secondary N) is 1. The number of aryl methyl sites for hydroxylation is 2. The molecule has 29 heavy (non-hydrogen) atoms. The van der Waals surface area contributed by atoms with Gasteiger partial charge in [0, 0.05) is 18.0 Å². The van der Waals surface area contributed by atoms with Crippen LogP contribution < -0.4 is 5.32 Å². The molecule has 0 aliphatic heterocycles. The first kappa shape index (κ1) is 21.3. The van der Waals surface area contributed by atoms with Gasteiger partial charge in [0.2, 0.25) is 0 Å². The number of esters is 1. The van der Waals surface area contributed by atoms with Crippen molar-refractivity contribution in [2.24, 2.45) is 11.8 Å². The van der Waals surface area contributed by atoms with Crippen LogP contribution in [-0.4, -0.2) is 34.2 Å². The van der Waals surface area contributed by atoms with Gasteiger partial charge in [0.05, 0.1) is 29.5 Å². The fraction of sp³-hybridized carbons (Fsp3) is 0.636. The highest BCUT2D eigenvalue weighted by atomic mass is 16.5. The average molecular weight is 401 g/mol. The predicted octanol–water partition coefficient (Wildman–Crippen LogP) is 4.57. The Kier molecular flexibility index (Phi) is 6.55. The van der Waals surface area contributed by atoms with Crippen molar-refractivity contribution in [3.8, 4) is 11.3 Å². The first-order chi connectivity index (χ1) is 13.8. The molecule has 2 aromatic rings. The van der Waals surface area contributed by atoms with E-state index in [-0.39, 0.29) is 23.7 Å². The molecule has 2 aromatic heterocycles. The fourth-order valence-corrected chi connectivity index (χ4v) is 4.10. The van der Waals surface area contributed by atoms with Crippen molar-refractivity contribution in [3.63, 3.8) is 0 Å². The molecule has 0 aromatic carbocycles. The highest BCUT2D eigenvalue weighted by Crippen LogP contribution is 2.35. The van der Waals surface area contributed by atoms with Crippen LogP contribution in [-0.2, 0) is 9.53 Å². The average Bonchev–Trinajstić information content (AvgIpc) is 3.27. The standard InChI is InChI=1S/C22H32N4O3/c1-7-28-22(27)17-10-8-9-16(17)11-23-21-13(4)19(24-20(25-21)12(2)3)18-14(5)26-29-15(18)6/h12,16-17H,7-11H2,1-6H3,(H,23,24,25)/t16-,17?/m1/s1. The summed E-state index contributed by atoms with van der Waals surface area (Å²) in [5, 5.41) is 7.59. The number of aromatic nitrogens is 3. The van der Waals surface area contributed by atoms with Crippen LogP contribution in [0.15, 0.2) is 4.52 Å². The summed E-state index contributed by atoms with van der Waals surface area (Å²) in [5.74, 6) is 2.69. The Morgan fingerprint density at radius 2 is 2.00 bits per heavy atom. The van der Waals surface area contributed by atoms with Crippen molar-refractivity contribution in [2.75, 3.05) is 18.5 Å². The molecule has 2 heterocycles. The maximum Gasteiger partial charge on any atom is 0.309 e. The Bertz CT molecular complexity index is 856. The Hall–Kier alpha value is -2.44. The van der Waals surface area contributed by atoms with Crippen LogP contribution in [0.3, 0.4) is 0 Å². The molecule has 0 saturated heterocycles. The summed E-state index contributed by atoms with van der Waals surface area (Å²) in [5.41, 5.74) is 3.58. The molecule has 1 fully saturated rings. The second kappa shape index (κ2) is 8.93. The molecule has 2 atom stereocenters. The van der Waals surface area contributed by atoms with E-state index in [1.54, 1.807) is 0 Å². The minimum Gasteiger partial charge on any atom is -0.466 e. The van der Waals surface area contributed by atoms with Crippen LogP contribution in [0.4, 0.5) is 5.82 Å². The number of nitrogens with zero attached hydrogens (tertiary/aromatic N) is 3. The van der Waals surface area contributed by atoms with Gasteiger partial charge in [0.1, 0.15) is 17.4 Å². The Morgan fingerprint density at radius 1 is 1.24 bits per heavy atom. The molecule has 1 aliphatic carbocycles. The fourth-order valence-electron chi connectivity index (χ4n) is 4.10. The summed E-state index contributed by atoms with van der Waals surface area (Å²) in [4.78, 5) is 21.9. The number of rotatable bonds is 7. The molecule has 0 amide bonds. The molecule has 1 saturated carbocycles. The van der Waals surface area contributed by atoms with Crippen LogP contribution in [0.1, 0.15) is 68.8 Å². The van der Waals surface area contributed by atoms with Crippen molar-refractivity contribution in [1.82, 2.24) is 15.1 Å². The van der Waals surface area contributed by atoms with Gasteiger partial charge >= 0.3 is 5.97 Å². The van der Waals surface area contributed by atoms with E-state index in [0.717, 1.165) is 59.2 Å². The van der Waals surface area contributed by atoms with Gasteiger partial charge in [-0.1, -0.05) is 25.4 Å². The van der Waals surface area contributed by atoms with Crippen molar-refractivity contribution < 1.29 is 14.1 Å².